The smallest absolute Gasteiger partial charge is 0.0700 e. The van der Waals surface area contributed by atoms with Gasteiger partial charge in [0, 0.05) is 13.2 Å². The zero-order valence-corrected chi connectivity index (χ0v) is 12.0. The first-order chi connectivity index (χ1) is 8.41. The Kier molecular flexibility index (Phi) is 15.8. The topological polar surface area (TPSA) is 18.5 Å². The molecule has 104 valence electrons. The summed E-state index contributed by atoms with van der Waals surface area (Å²) in [6.07, 6.45) is 11.7. The summed E-state index contributed by atoms with van der Waals surface area (Å²) in [6.45, 7) is 7.81. The van der Waals surface area contributed by atoms with E-state index in [9.17, 15) is 0 Å². The Bertz CT molecular complexity index is 112. The van der Waals surface area contributed by atoms with Crippen LogP contribution in [0.5, 0.6) is 0 Å². The van der Waals surface area contributed by atoms with Crippen molar-refractivity contribution < 1.29 is 9.47 Å². The molecule has 0 bridgehead atoms. The van der Waals surface area contributed by atoms with Gasteiger partial charge in [0.05, 0.1) is 13.2 Å². The molecule has 0 heterocycles. The van der Waals surface area contributed by atoms with Crippen molar-refractivity contribution in [1.29, 1.82) is 0 Å². The second kappa shape index (κ2) is 15.9. The molecule has 0 atom stereocenters. The van der Waals surface area contributed by atoms with Gasteiger partial charge in [0.15, 0.2) is 0 Å². The fourth-order valence-electron chi connectivity index (χ4n) is 1.76. The minimum absolute atomic E-state index is 0.765. The highest BCUT2D eigenvalue weighted by molar-refractivity contribution is 4.42. The van der Waals surface area contributed by atoms with Crippen LogP contribution >= 0.6 is 0 Å². The molecule has 0 unspecified atom stereocenters. The number of ether oxygens (including phenoxy) is 2. The van der Waals surface area contributed by atoms with Crippen molar-refractivity contribution in [2.24, 2.45) is 0 Å². The molecule has 0 aromatic carbocycles. The van der Waals surface area contributed by atoms with Crippen LogP contribution in [0.1, 0.15) is 71.6 Å². The van der Waals surface area contributed by atoms with Gasteiger partial charge in [-0.3, -0.25) is 0 Å². The molecule has 0 saturated carbocycles. The molecule has 0 rings (SSSR count). The molecule has 0 aliphatic rings. The molecule has 2 nitrogen and oxygen atoms in total. The van der Waals surface area contributed by atoms with Crippen LogP contribution in [0.25, 0.3) is 0 Å². The highest BCUT2D eigenvalue weighted by atomic mass is 16.5. The maximum Gasteiger partial charge on any atom is 0.0700 e. The Morgan fingerprint density at radius 1 is 0.471 bits per heavy atom. The summed E-state index contributed by atoms with van der Waals surface area (Å²) < 4.78 is 11.0. The maximum absolute atomic E-state index is 5.52. The van der Waals surface area contributed by atoms with Crippen LogP contribution in [-0.2, 0) is 9.47 Å². The van der Waals surface area contributed by atoms with Crippen LogP contribution in [0, 0.1) is 0 Å². The van der Waals surface area contributed by atoms with E-state index in [-0.39, 0.29) is 0 Å². The fourth-order valence-corrected chi connectivity index (χ4v) is 1.76. The molecule has 0 saturated heterocycles. The lowest BCUT2D eigenvalue weighted by Crippen LogP contribution is -2.06. The van der Waals surface area contributed by atoms with Crippen molar-refractivity contribution >= 4 is 0 Å². The molecule has 0 aromatic heterocycles. The van der Waals surface area contributed by atoms with Crippen molar-refractivity contribution in [3.8, 4) is 0 Å². The normalized spacial score (nSPS) is 10.9. The Balaban J connectivity index is 2.85. The molecule has 17 heavy (non-hydrogen) atoms. The number of hydrogen-bond donors (Lipinski definition) is 0. The van der Waals surface area contributed by atoms with Gasteiger partial charge in [0.25, 0.3) is 0 Å². The first kappa shape index (κ1) is 16.9. The molecule has 0 radical (unpaired) electrons. The standard InChI is InChI=1S/C15H32O2/c1-3-5-7-9-11-13-17-15-14-16-12-10-8-6-4-2/h3-15H2,1-2H3. The zero-order valence-electron chi connectivity index (χ0n) is 12.0. The van der Waals surface area contributed by atoms with Crippen molar-refractivity contribution in [2.45, 2.75) is 71.6 Å². The second-order valence-electron chi connectivity index (χ2n) is 4.70. The van der Waals surface area contributed by atoms with Crippen molar-refractivity contribution in [1.82, 2.24) is 0 Å². The number of unbranched alkanes of at least 4 members (excludes halogenated alkanes) is 7. The SMILES string of the molecule is CCCCCCCOCCOCCCCCC. The van der Waals surface area contributed by atoms with Crippen LogP contribution in [-0.4, -0.2) is 26.4 Å². The minimum Gasteiger partial charge on any atom is -0.379 e. The predicted octanol–water partition coefficient (Wildman–Crippen LogP) is 4.57. The Hall–Kier alpha value is -0.0800. The van der Waals surface area contributed by atoms with E-state index >= 15 is 0 Å². The fraction of sp³-hybridized carbons (Fsp3) is 1.00. The summed E-state index contributed by atoms with van der Waals surface area (Å²) >= 11 is 0. The summed E-state index contributed by atoms with van der Waals surface area (Å²) in [7, 11) is 0. The zero-order chi connectivity index (χ0) is 12.6. The first-order valence-corrected chi connectivity index (χ1v) is 7.57. The summed E-state index contributed by atoms with van der Waals surface area (Å²) in [4.78, 5) is 0. The van der Waals surface area contributed by atoms with E-state index in [4.69, 9.17) is 9.47 Å². The third kappa shape index (κ3) is 15.9. The van der Waals surface area contributed by atoms with E-state index in [1.54, 1.807) is 0 Å². The lowest BCUT2D eigenvalue weighted by atomic mass is 10.2. The molecule has 0 aliphatic heterocycles. The number of rotatable bonds is 14. The first-order valence-electron chi connectivity index (χ1n) is 7.57. The highest BCUT2D eigenvalue weighted by Crippen LogP contribution is 2.02. The predicted molar refractivity (Wildman–Crippen MR) is 74.5 cm³/mol. The van der Waals surface area contributed by atoms with E-state index in [0.29, 0.717) is 0 Å². The van der Waals surface area contributed by atoms with E-state index in [1.807, 2.05) is 0 Å². The van der Waals surface area contributed by atoms with Crippen LogP contribution in [0.2, 0.25) is 0 Å². The number of hydrogen-bond acceptors (Lipinski definition) is 2. The minimum atomic E-state index is 0.765. The maximum atomic E-state index is 5.52. The third-order valence-corrected chi connectivity index (χ3v) is 2.91. The van der Waals surface area contributed by atoms with E-state index in [0.717, 1.165) is 26.4 Å². The van der Waals surface area contributed by atoms with Gasteiger partial charge in [-0.15, -0.1) is 0 Å². The molecular formula is C15H32O2. The lowest BCUT2D eigenvalue weighted by molar-refractivity contribution is 0.0449. The molecule has 0 fully saturated rings. The quantitative estimate of drug-likeness (QED) is 0.417. The summed E-state index contributed by atoms with van der Waals surface area (Å²) in [5, 5.41) is 0. The van der Waals surface area contributed by atoms with E-state index in [2.05, 4.69) is 13.8 Å². The van der Waals surface area contributed by atoms with Gasteiger partial charge < -0.3 is 9.47 Å². The Morgan fingerprint density at radius 2 is 0.882 bits per heavy atom. The largest absolute Gasteiger partial charge is 0.379 e. The Morgan fingerprint density at radius 3 is 1.35 bits per heavy atom. The van der Waals surface area contributed by atoms with Gasteiger partial charge in [-0.25, -0.2) is 0 Å². The van der Waals surface area contributed by atoms with Crippen molar-refractivity contribution in [3.05, 3.63) is 0 Å². The summed E-state index contributed by atoms with van der Waals surface area (Å²) in [6, 6.07) is 0. The van der Waals surface area contributed by atoms with E-state index in [1.165, 1.54) is 57.8 Å². The molecule has 0 spiro atoms. The molecule has 0 aliphatic carbocycles. The van der Waals surface area contributed by atoms with E-state index < -0.39 is 0 Å². The van der Waals surface area contributed by atoms with Crippen molar-refractivity contribution in [3.63, 3.8) is 0 Å². The van der Waals surface area contributed by atoms with Gasteiger partial charge in [-0.2, -0.15) is 0 Å². The molecule has 0 N–H and O–H groups in total. The van der Waals surface area contributed by atoms with Crippen LogP contribution < -0.4 is 0 Å². The van der Waals surface area contributed by atoms with Gasteiger partial charge in [0.2, 0.25) is 0 Å². The monoisotopic (exact) mass is 244 g/mol. The van der Waals surface area contributed by atoms with Gasteiger partial charge in [-0.1, -0.05) is 58.8 Å². The highest BCUT2D eigenvalue weighted by Gasteiger charge is 1.92. The Labute approximate surface area is 108 Å². The van der Waals surface area contributed by atoms with Gasteiger partial charge in [-0.05, 0) is 12.8 Å². The molecule has 0 amide bonds. The lowest BCUT2D eigenvalue weighted by Gasteiger charge is -2.05. The van der Waals surface area contributed by atoms with Crippen LogP contribution in [0.4, 0.5) is 0 Å². The van der Waals surface area contributed by atoms with Crippen LogP contribution in [0.3, 0.4) is 0 Å². The molecular weight excluding hydrogens is 212 g/mol. The summed E-state index contributed by atoms with van der Waals surface area (Å²) in [5.74, 6) is 0. The average molecular weight is 244 g/mol. The summed E-state index contributed by atoms with van der Waals surface area (Å²) in [5.41, 5.74) is 0. The molecule has 2 heteroatoms. The van der Waals surface area contributed by atoms with Gasteiger partial charge >= 0.3 is 0 Å². The van der Waals surface area contributed by atoms with Crippen molar-refractivity contribution in [2.75, 3.05) is 26.4 Å². The van der Waals surface area contributed by atoms with Crippen LogP contribution in [0.15, 0.2) is 0 Å². The molecule has 0 aromatic rings. The third-order valence-electron chi connectivity index (χ3n) is 2.91. The van der Waals surface area contributed by atoms with Gasteiger partial charge in [0.1, 0.15) is 0 Å². The average Bonchev–Trinajstić information content (AvgIpc) is 2.35. The second-order valence-corrected chi connectivity index (χ2v) is 4.70.